The SMILES string of the molecule is CC.CC1C=CC2=C(C=C1)C1(CNC(C(N)=O)C1)C(=O)N2. The maximum absolute atomic E-state index is 12.3. The second-order valence-corrected chi connectivity index (χ2v) is 5.48. The molecule has 3 unspecified atom stereocenters. The highest BCUT2D eigenvalue weighted by Crippen LogP contribution is 2.43. The van der Waals surface area contributed by atoms with E-state index in [1.807, 2.05) is 32.1 Å². The van der Waals surface area contributed by atoms with Crippen molar-refractivity contribution in [1.29, 1.82) is 0 Å². The Balaban J connectivity index is 0.000000774. The van der Waals surface area contributed by atoms with Gasteiger partial charge in [0.25, 0.3) is 0 Å². The van der Waals surface area contributed by atoms with E-state index in [0.717, 1.165) is 11.3 Å². The van der Waals surface area contributed by atoms with Gasteiger partial charge in [0.2, 0.25) is 11.8 Å². The fraction of sp³-hybridized carbons (Fsp3) is 0.500. The first kappa shape index (κ1) is 15.5. The van der Waals surface area contributed by atoms with Crippen molar-refractivity contribution < 1.29 is 9.59 Å². The molecule has 1 spiro atoms. The molecule has 0 aromatic carbocycles. The molecule has 3 aliphatic rings. The third-order valence-electron chi connectivity index (χ3n) is 4.17. The first-order valence-electron chi connectivity index (χ1n) is 7.48. The average Bonchev–Trinajstić information content (AvgIpc) is 2.96. The number of nitrogens with two attached hydrogens (primary N) is 1. The summed E-state index contributed by atoms with van der Waals surface area (Å²) in [7, 11) is 0. The number of rotatable bonds is 1. The molecular formula is C16H23N3O2. The quantitative estimate of drug-likeness (QED) is 0.673. The van der Waals surface area contributed by atoms with Crippen LogP contribution < -0.4 is 16.4 Å². The molecule has 2 aliphatic heterocycles. The molecule has 0 radical (unpaired) electrons. The molecule has 3 atom stereocenters. The van der Waals surface area contributed by atoms with E-state index in [2.05, 4.69) is 23.6 Å². The lowest BCUT2D eigenvalue weighted by Crippen LogP contribution is -2.36. The predicted octanol–water partition coefficient (Wildman–Crippen LogP) is 0.992. The van der Waals surface area contributed by atoms with Crippen molar-refractivity contribution in [3.8, 4) is 0 Å². The van der Waals surface area contributed by atoms with Gasteiger partial charge < -0.3 is 16.4 Å². The van der Waals surface area contributed by atoms with Gasteiger partial charge in [0.05, 0.1) is 11.5 Å². The number of carbonyl (C=O) groups excluding carboxylic acids is 2. The van der Waals surface area contributed by atoms with Crippen LogP contribution in [0.25, 0.3) is 0 Å². The lowest BCUT2D eigenvalue weighted by atomic mass is 9.78. The van der Waals surface area contributed by atoms with E-state index in [-0.39, 0.29) is 5.91 Å². The number of hydrogen-bond acceptors (Lipinski definition) is 3. The molecule has 0 bridgehead atoms. The summed E-state index contributed by atoms with van der Waals surface area (Å²) < 4.78 is 0. The van der Waals surface area contributed by atoms with Gasteiger partial charge >= 0.3 is 0 Å². The number of hydrogen-bond donors (Lipinski definition) is 3. The highest BCUT2D eigenvalue weighted by atomic mass is 16.2. The normalized spacial score (nSPS) is 33.4. The minimum Gasteiger partial charge on any atom is -0.368 e. The van der Waals surface area contributed by atoms with Crippen LogP contribution in [0.3, 0.4) is 0 Å². The zero-order valence-electron chi connectivity index (χ0n) is 12.8. The Bertz CT molecular complexity index is 548. The van der Waals surface area contributed by atoms with Gasteiger partial charge in [-0.2, -0.15) is 0 Å². The molecule has 1 fully saturated rings. The van der Waals surface area contributed by atoms with E-state index in [1.54, 1.807) is 0 Å². The molecule has 0 aromatic heterocycles. The Morgan fingerprint density at radius 2 is 2.00 bits per heavy atom. The summed E-state index contributed by atoms with van der Waals surface area (Å²) in [5.41, 5.74) is 6.49. The highest BCUT2D eigenvalue weighted by Gasteiger charge is 2.53. The lowest BCUT2D eigenvalue weighted by molar-refractivity contribution is -0.126. The highest BCUT2D eigenvalue weighted by molar-refractivity contribution is 5.95. The van der Waals surface area contributed by atoms with Crippen molar-refractivity contribution in [2.24, 2.45) is 17.1 Å². The summed E-state index contributed by atoms with van der Waals surface area (Å²) in [5.74, 6) is -0.112. The van der Waals surface area contributed by atoms with Crippen LogP contribution in [0, 0.1) is 11.3 Å². The molecule has 2 amide bonds. The van der Waals surface area contributed by atoms with Crippen molar-refractivity contribution in [1.82, 2.24) is 10.6 Å². The van der Waals surface area contributed by atoms with Gasteiger partial charge in [-0.25, -0.2) is 0 Å². The van der Waals surface area contributed by atoms with E-state index in [0.29, 0.717) is 18.9 Å². The van der Waals surface area contributed by atoms with Crippen LogP contribution in [0.5, 0.6) is 0 Å². The molecule has 1 saturated heterocycles. The number of amides is 2. The van der Waals surface area contributed by atoms with Crippen molar-refractivity contribution in [2.75, 3.05) is 6.54 Å². The van der Waals surface area contributed by atoms with Crippen LogP contribution in [-0.4, -0.2) is 24.4 Å². The van der Waals surface area contributed by atoms with Gasteiger partial charge in [0.1, 0.15) is 0 Å². The van der Waals surface area contributed by atoms with Crippen molar-refractivity contribution in [2.45, 2.75) is 33.2 Å². The molecule has 3 rings (SSSR count). The van der Waals surface area contributed by atoms with Crippen molar-refractivity contribution >= 4 is 11.8 Å². The summed E-state index contributed by atoms with van der Waals surface area (Å²) in [4.78, 5) is 23.6. The monoisotopic (exact) mass is 289 g/mol. The summed E-state index contributed by atoms with van der Waals surface area (Å²) in [6, 6.07) is -0.435. The predicted molar refractivity (Wildman–Crippen MR) is 82.0 cm³/mol. The van der Waals surface area contributed by atoms with Crippen LogP contribution in [0.4, 0.5) is 0 Å². The van der Waals surface area contributed by atoms with Gasteiger partial charge in [-0.1, -0.05) is 39.0 Å². The molecule has 5 heteroatoms. The van der Waals surface area contributed by atoms with E-state index in [9.17, 15) is 9.59 Å². The average molecular weight is 289 g/mol. The van der Waals surface area contributed by atoms with Crippen molar-refractivity contribution in [3.63, 3.8) is 0 Å². The van der Waals surface area contributed by atoms with Gasteiger partial charge in [0.15, 0.2) is 0 Å². The standard InChI is InChI=1S/C14H17N3O2.C2H6/c1-8-2-4-9-10(5-3-8)17-13(19)14(9)6-11(12(15)18)16-7-14;1-2/h2-5,8,11,16H,6-7H2,1H3,(H2,15,18)(H,17,19);1-2H3. The second kappa shape index (κ2) is 5.85. The molecule has 2 heterocycles. The Morgan fingerprint density at radius 3 is 2.62 bits per heavy atom. The minimum atomic E-state index is -0.653. The number of primary amides is 1. The first-order chi connectivity index (χ1) is 10.0. The molecular weight excluding hydrogens is 266 g/mol. The fourth-order valence-corrected chi connectivity index (χ4v) is 3.00. The maximum Gasteiger partial charge on any atom is 0.236 e. The lowest BCUT2D eigenvalue weighted by Gasteiger charge is -2.21. The molecule has 1 aliphatic carbocycles. The van der Waals surface area contributed by atoms with E-state index in [4.69, 9.17) is 5.73 Å². The van der Waals surface area contributed by atoms with Gasteiger partial charge in [-0.05, 0) is 24.0 Å². The Morgan fingerprint density at radius 1 is 1.33 bits per heavy atom. The maximum atomic E-state index is 12.3. The van der Waals surface area contributed by atoms with Gasteiger partial charge in [0, 0.05) is 12.2 Å². The van der Waals surface area contributed by atoms with Crippen LogP contribution in [-0.2, 0) is 9.59 Å². The van der Waals surface area contributed by atoms with E-state index >= 15 is 0 Å². The fourth-order valence-electron chi connectivity index (χ4n) is 3.00. The molecule has 114 valence electrons. The third-order valence-corrected chi connectivity index (χ3v) is 4.17. The van der Waals surface area contributed by atoms with Gasteiger partial charge in [-0.3, -0.25) is 9.59 Å². The molecule has 0 saturated carbocycles. The Kier molecular flexibility index (Phi) is 4.32. The first-order valence-corrected chi connectivity index (χ1v) is 7.48. The largest absolute Gasteiger partial charge is 0.368 e. The molecule has 5 nitrogen and oxygen atoms in total. The number of carbonyl (C=O) groups is 2. The van der Waals surface area contributed by atoms with E-state index in [1.165, 1.54) is 0 Å². The summed E-state index contributed by atoms with van der Waals surface area (Å²) in [6.07, 6.45) is 8.50. The van der Waals surface area contributed by atoms with Gasteiger partial charge in [-0.15, -0.1) is 0 Å². The smallest absolute Gasteiger partial charge is 0.236 e. The topological polar surface area (TPSA) is 84.2 Å². The third kappa shape index (κ3) is 2.53. The Labute approximate surface area is 125 Å². The summed E-state index contributed by atoms with van der Waals surface area (Å²) >= 11 is 0. The van der Waals surface area contributed by atoms with Crippen LogP contribution in [0.1, 0.15) is 27.2 Å². The molecule has 0 aromatic rings. The number of nitrogens with one attached hydrogen (secondary N) is 2. The summed E-state index contributed by atoms with van der Waals surface area (Å²) in [5, 5.41) is 5.98. The van der Waals surface area contributed by atoms with Crippen LogP contribution in [0.2, 0.25) is 0 Å². The zero-order valence-corrected chi connectivity index (χ0v) is 12.8. The molecule has 21 heavy (non-hydrogen) atoms. The second-order valence-electron chi connectivity index (χ2n) is 5.48. The van der Waals surface area contributed by atoms with Crippen LogP contribution in [0.15, 0.2) is 35.6 Å². The Hall–Kier alpha value is -1.88. The van der Waals surface area contributed by atoms with Crippen LogP contribution >= 0.6 is 0 Å². The van der Waals surface area contributed by atoms with Crippen molar-refractivity contribution in [3.05, 3.63) is 35.6 Å². The zero-order chi connectivity index (χ0) is 15.6. The number of fused-ring (bicyclic) bond motifs is 1. The number of allylic oxidation sites excluding steroid dienone is 4. The molecule has 4 N–H and O–H groups in total. The summed E-state index contributed by atoms with van der Waals surface area (Å²) in [6.45, 7) is 6.54. The minimum absolute atomic E-state index is 0.0439. The van der Waals surface area contributed by atoms with E-state index < -0.39 is 17.4 Å².